The van der Waals surface area contributed by atoms with Crippen LogP contribution in [0, 0.1) is 0 Å². The van der Waals surface area contributed by atoms with Crippen LogP contribution < -0.4 is 9.47 Å². The fourth-order valence-electron chi connectivity index (χ4n) is 9.47. The topological polar surface area (TPSA) is 139 Å². The molecular formula is C61H63NO13. The Morgan fingerprint density at radius 3 is 1.45 bits per heavy atom. The number of methoxy groups -OCH3 is 1. The number of benzene rings is 6. The molecule has 0 N–H and O–H groups in total. The molecule has 0 radical (unpaired) electrons. The van der Waals surface area contributed by atoms with Crippen molar-refractivity contribution in [1.82, 2.24) is 4.90 Å². The Balaban J connectivity index is 1.16. The van der Waals surface area contributed by atoms with Crippen molar-refractivity contribution in [1.29, 1.82) is 0 Å². The zero-order valence-corrected chi connectivity index (χ0v) is 41.9. The number of rotatable bonds is 26. The number of ether oxygens (including phenoxy) is 11. The molecule has 9 rings (SSSR count). The Kier molecular flexibility index (Phi) is 18.8. The Morgan fingerprint density at radius 1 is 0.467 bits per heavy atom. The lowest BCUT2D eigenvalue weighted by Crippen LogP contribution is -2.69. The minimum Gasteiger partial charge on any atom is -0.497 e. The molecule has 6 aromatic rings. The normalized spacial score (nSPS) is 24.4. The van der Waals surface area contributed by atoms with Crippen molar-refractivity contribution < 1.29 is 61.7 Å². The third-order valence-electron chi connectivity index (χ3n) is 13.1. The molecule has 2 saturated heterocycles. The highest BCUT2D eigenvalue weighted by atomic mass is 16.8. The number of imide groups is 1. The van der Waals surface area contributed by atoms with E-state index in [2.05, 4.69) is 13.2 Å². The molecule has 2 fully saturated rings. The standard InChI is InChI=1S/C61H63NO13/c1-4-34-66-40-50-53(69-37-43-22-12-7-13-23-43)56(68-35-5-2)57(71-39-45-26-16-9-17-27-45)61(74-50)75-54-51(41-67-36-42-20-10-6-11-21-42)73-60(72-47-32-30-46(65-3)31-33-47)52(55(54)70-38-44-24-14-8-15-25-44)62-58(63)48-28-18-19-29-49(48)59(62)64/h4-33,50-57,60-61H,1-2,34-41H2,3H3/t50-,51-,52-,53-,54-,55-,56+,57+,60-,61+/m1/s1. The first-order valence-corrected chi connectivity index (χ1v) is 25.2. The van der Waals surface area contributed by atoms with Crippen molar-refractivity contribution in [3.63, 3.8) is 0 Å². The number of amides is 2. The van der Waals surface area contributed by atoms with Crippen LogP contribution in [0.1, 0.15) is 43.0 Å². The second-order valence-corrected chi connectivity index (χ2v) is 18.2. The second kappa shape index (κ2) is 26.6. The first kappa shape index (κ1) is 53.0. The van der Waals surface area contributed by atoms with Gasteiger partial charge in [0.1, 0.15) is 60.3 Å². The molecule has 14 nitrogen and oxygen atoms in total. The maximum absolute atomic E-state index is 14.9. The maximum atomic E-state index is 14.9. The minimum atomic E-state index is -1.33. The lowest BCUT2D eigenvalue weighted by Gasteiger charge is -2.51. The zero-order chi connectivity index (χ0) is 51.8. The van der Waals surface area contributed by atoms with E-state index in [1.807, 2.05) is 121 Å². The summed E-state index contributed by atoms with van der Waals surface area (Å²) in [5.74, 6) is -0.121. The van der Waals surface area contributed by atoms with Gasteiger partial charge < -0.3 is 52.1 Å². The molecule has 390 valence electrons. The third kappa shape index (κ3) is 13.4. The molecule has 10 atom stereocenters. The van der Waals surface area contributed by atoms with Gasteiger partial charge in [0.05, 0.1) is 71.1 Å². The van der Waals surface area contributed by atoms with E-state index in [4.69, 9.17) is 52.1 Å². The van der Waals surface area contributed by atoms with Gasteiger partial charge in [-0.3, -0.25) is 14.5 Å². The molecular weight excluding hydrogens is 955 g/mol. The summed E-state index contributed by atoms with van der Waals surface area (Å²) < 4.78 is 74.1. The Morgan fingerprint density at radius 2 is 0.920 bits per heavy atom. The molecule has 0 saturated carbocycles. The number of carbonyl (C=O) groups excluding carboxylic acids is 2. The van der Waals surface area contributed by atoms with Crippen LogP contribution in [0.4, 0.5) is 0 Å². The number of carbonyl (C=O) groups is 2. The summed E-state index contributed by atoms with van der Waals surface area (Å²) in [4.78, 5) is 30.9. The van der Waals surface area contributed by atoms with Crippen LogP contribution in [-0.2, 0) is 69.1 Å². The third-order valence-corrected chi connectivity index (χ3v) is 13.1. The highest BCUT2D eigenvalue weighted by molar-refractivity contribution is 6.21. The molecule has 75 heavy (non-hydrogen) atoms. The first-order chi connectivity index (χ1) is 36.9. The van der Waals surface area contributed by atoms with Gasteiger partial charge in [0, 0.05) is 0 Å². The van der Waals surface area contributed by atoms with E-state index in [0.717, 1.165) is 22.3 Å². The average Bonchev–Trinajstić information content (AvgIpc) is 3.70. The molecule has 0 bridgehead atoms. The van der Waals surface area contributed by atoms with E-state index in [0.29, 0.717) is 11.5 Å². The fourth-order valence-corrected chi connectivity index (χ4v) is 9.47. The molecule has 2 amide bonds. The molecule has 3 aliphatic rings. The highest BCUT2D eigenvalue weighted by Gasteiger charge is 2.58. The van der Waals surface area contributed by atoms with E-state index in [9.17, 15) is 9.59 Å². The van der Waals surface area contributed by atoms with Crippen LogP contribution in [-0.4, -0.2) is 112 Å². The molecule has 0 aromatic heterocycles. The van der Waals surface area contributed by atoms with Gasteiger partial charge in [-0.2, -0.15) is 0 Å². The van der Waals surface area contributed by atoms with Gasteiger partial charge in [-0.05, 0) is 58.7 Å². The molecule has 3 aliphatic heterocycles. The van der Waals surface area contributed by atoms with Crippen LogP contribution in [0.15, 0.2) is 195 Å². The number of fused-ring (bicyclic) bond motifs is 1. The van der Waals surface area contributed by atoms with Crippen molar-refractivity contribution >= 4 is 11.8 Å². The summed E-state index contributed by atoms with van der Waals surface area (Å²) in [6.45, 7) is 8.82. The van der Waals surface area contributed by atoms with E-state index in [1.54, 1.807) is 67.8 Å². The van der Waals surface area contributed by atoms with E-state index < -0.39 is 73.2 Å². The van der Waals surface area contributed by atoms with Gasteiger partial charge in [0.2, 0.25) is 6.29 Å². The summed E-state index contributed by atoms with van der Waals surface area (Å²) in [6, 6.07) is 51.3. The van der Waals surface area contributed by atoms with Crippen molar-refractivity contribution in [3.8, 4) is 11.5 Å². The van der Waals surface area contributed by atoms with Crippen LogP contribution in [0.3, 0.4) is 0 Å². The van der Waals surface area contributed by atoms with Gasteiger partial charge in [0.15, 0.2) is 6.29 Å². The van der Waals surface area contributed by atoms with Gasteiger partial charge in [0.25, 0.3) is 11.8 Å². The Labute approximate surface area is 438 Å². The zero-order valence-electron chi connectivity index (χ0n) is 41.9. The molecule has 0 aliphatic carbocycles. The minimum absolute atomic E-state index is 0.0375. The molecule has 0 unspecified atom stereocenters. The quantitative estimate of drug-likeness (QED) is 0.0290. The van der Waals surface area contributed by atoms with Crippen LogP contribution in [0.5, 0.6) is 11.5 Å². The summed E-state index contributed by atoms with van der Waals surface area (Å²) in [7, 11) is 1.57. The number of hydrogen-bond donors (Lipinski definition) is 0. The Bertz CT molecular complexity index is 2700. The molecule has 6 aromatic carbocycles. The lowest BCUT2D eigenvalue weighted by molar-refractivity contribution is -0.362. The van der Waals surface area contributed by atoms with Crippen molar-refractivity contribution in [3.05, 3.63) is 229 Å². The number of nitrogens with zero attached hydrogens (tertiary/aromatic N) is 1. The fraction of sp³-hybridized carbons (Fsp3) is 0.311. The maximum Gasteiger partial charge on any atom is 0.262 e. The van der Waals surface area contributed by atoms with Gasteiger partial charge in [-0.1, -0.05) is 146 Å². The summed E-state index contributed by atoms with van der Waals surface area (Å²) in [5, 5.41) is 0. The van der Waals surface area contributed by atoms with Gasteiger partial charge >= 0.3 is 0 Å². The van der Waals surface area contributed by atoms with E-state index >= 15 is 0 Å². The van der Waals surface area contributed by atoms with Crippen LogP contribution >= 0.6 is 0 Å². The first-order valence-electron chi connectivity index (χ1n) is 25.2. The van der Waals surface area contributed by atoms with E-state index in [-0.39, 0.29) is 64.0 Å². The van der Waals surface area contributed by atoms with E-state index in [1.165, 1.54) is 4.90 Å². The molecule has 3 heterocycles. The summed E-state index contributed by atoms with van der Waals surface area (Å²) >= 11 is 0. The van der Waals surface area contributed by atoms with Crippen molar-refractivity contribution in [2.24, 2.45) is 0 Å². The monoisotopic (exact) mass is 1020 g/mol. The SMILES string of the molecule is C=CCOC[C@H]1O[C@@H](O[C@H]2[C@H](OCc3ccccc3)[C@@H](N3C(=O)c4ccccc4C3=O)[C@H](Oc3ccc(OC)cc3)O[C@@H]2COCc2ccccc2)[C@@H](OCc2ccccc2)[C@@H](OCC=C)[C@@H]1OCc1ccccc1. The largest absolute Gasteiger partial charge is 0.497 e. The van der Waals surface area contributed by atoms with Crippen molar-refractivity contribution in [2.45, 2.75) is 87.8 Å². The molecule has 14 heteroatoms. The summed E-state index contributed by atoms with van der Waals surface area (Å²) in [6.07, 6.45) is -6.01. The van der Waals surface area contributed by atoms with Crippen LogP contribution in [0.2, 0.25) is 0 Å². The van der Waals surface area contributed by atoms with Gasteiger partial charge in [-0.15, -0.1) is 13.2 Å². The van der Waals surface area contributed by atoms with Gasteiger partial charge in [-0.25, -0.2) is 0 Å². The highest BCUT2D eigenvalue weighted by Crippen LogP contribution is 2.39. The second-order valence-electron chi connectivity index (χ2n) is 18.2. The Hall–Kier alpha value is -6.82. The summed E-state index contributed by atoms with van der Waals surface area (Å²) in [5.41, 5.74) is 4.03. The number of hydrogen-bond acceptors (Lipinski definition) is 13. The molecule has 0 spiro atoms. The average molecular weight is 1020 g/mol. The lowest BCUT2D eigenvalue weighted by atomic mass is 9.93. The predicted molar refractivity (Wildman–Crippen MR) is 279 cm³/mol. The van der Waals surface area contributed by atoms with Crippen LogP contribution in [0.25, 0.3) is 0 Å². The predicted octanol–water partition coefficient (Wildman–Crippen LogP) is 9.32. The van der Waals surface area contributed by atoms with Crippen molar-refractivity contribution in [2.75, 3.05) is 33.5 Å². The smallest absolute Gasteiger partial charge is 0.262 e.